The zero-order valence-electron chi connectivity index (χ0n) is 14.4. The van der Waals surface area contributed by atoms with Gasteiger partial charge in [0.05, 0.1) is 0 Å². The molecule has 0 heterocycles. The molecule has 0 aromatic heterocycles. The Morgan fingerprint density at radius 1 is 0.619 bits per heavy atom. The monoisotopic (exact) mass is 297 g/mol. The van der Waals surface area contributed by atoms with Gasteiger partial charge in [-0.3, -0.25) is 0 Å². The average Bonchev–Trinajstić information content (AvgIpc) is 2.50. The van der Waals surface area contributed by atoms with Crippen molar-refractivity contribution < 1.29 is 0 Å². The van der Waals surface area contributed by atoms with Gasteiger partial charge in [-0.1, -0.05) is 96.8 Å². The lowest BCUT2D eigenvalue weighted by molar-refractivity contribution is 0.533. The van der Waals surface area contributed by atoms with E-state index in [0.29, 0.717) is 5.84 Å². The number of unbranched alkanes of at least 4 members (excludes halogenated alkanes) is 14. The molecule has 0 aromatic carbocycles. The minimum absolute atomic E-state index is 0.588. The smallest absolute Gasteiger partial charge is 0.119 e. The molecule has 0 amide bonds. The normalized spacial score (nSPS) is 12.0. The summed E-state index contributed by atoms with van der Waals surface area (Å²) >= 11 is 0. The molecule has 0 spiro atoms. The number of nitrogens with zero attached hydrogens (tertiary/aromatic N) is 1. The third kappa shape index (κ3) is 17.2. The van der Waals surface area contributed by atoms with Gasteiger partial charge in [-0.2, -0.15) is 5.10 Å². The van der Waals surface area contributed by atoms with Crippen LogP contribution in [0.15, 0.2) is 5.10 Å². The van der Waals surface area contributed by atoms with Crippen molar-refractivity contribution in [2.24, 2.45) is 16.7 Å². The number of amidine groups is 1. The van der Waals surface area contributed by atoms with Crippen LogP contribution in [0.2, 0.25) is 0 Å². The summed E-state index contributed by atoms with van der Waals surface area (Å²) in [4.78, 5) is 0. The largest absolute Gasteiger partial charge is 0.386 e. The molecule has 0 aromatic rings. The number of hydrogen-bond acceptors (Lipinski definition) is 2. The van der Waals surface area contributed by atoms with Crippen LogP contribution in [0, 0.1) is 0 Å². The molecule has 0 rings (SSSR count). The van der Waals surface area contributed by atoms with Gasteiger partial charge in [0.2, 0.25) is 0 Å². The van der Waals surface area contributed by atoms with Crippen LogP contribution in [-0.4, -0.2) is 5.84 Å². The second-order valence-corrected chi connectivity index (χ2v) is 6.32. The maximum atomic E-state index is 5.55. The van der Waals surface area contributed by atoms with Crippen LogP contribution in [0.5, 0.6) is 0 Å². The molecule has 3 nitrogen and oxygen atoms in total. The number of hydrogen-bond donors (Lipinski definition) is 2. The number of hydrazone groups is 1. The fourth-order valence-corrected chi connectivity index (χ4v) is 2.74. The van der Waals surface area contributed by atoms with Crippen LogP contribution in [0.1, 0.15) is 110 Å². The minimum Gasteiger partial charge on any atom is -0.386 e. The Kier molecular flexibility index (Phi) is 16.7. The van der Waals surface area contributed by atoms with Gasteiger partial charge in [0, 0.05) is 6.42 Å². The van der Waals surface area contributed by atoms with Gasteiger partial charge in [-0.25, -0.2) is 0 Å². The molecular formula is C18H39N3. The van der Waals surface area contributed by atoms with Crippen molar-refractivity contribution in [1.29, 1.82) is 0 Å². The lowest BCUT2D eigenvalue weighted by atomic mass is 10.0. The molecule has 0 aliphatic carbocycles. The van der Waals surface area contributed by atoms with Crippen molar-refractivity contribution in [2.45, 2.75) is 110 Å². The zero-order valence-corrected chi connectivity index (χ0v) is 14.4. The standard InChI is InChI=1S/C18H39N3/c1-2-3-4-5-6-7-8-9-10-11-12-13-14-15-16-17-18(19)21-20/h2-17,20H2,1H3,(H2,19,21). The molecule has 21 heavy (non-hydrogen) atoms. The van der Waals surface area contributed by atoms with E-state index in [-0.39, 0.29) is 0 Å². The Bertz CT molecular complexity index is 227. The lowest BCUT2D eigenvalue weighted by Gasteiger charge is -2.03. The van der Waals surface area contributed by atoms with Gasteiger partial charge in [-0.05, 0) is 6.42 Å². The second-order valence-electron chi connectivity index (χ2n) is 6.32. The molecule has 0 unspecified atom stereocenters. The molecule has 0 fully saturated rings. The van der Waals surface area contributed by atoms with Crippen LogP contribution in [0.25, 0.3) is 0 Å². The maximum Gasteiger partial charge on any atom is 0.119 e. The molecule has 0 saturated carbocycles. The van der Waals surface area contributed by atoms with E-state index in [1.165, 1.54) is 89.9 Å². The van der Waals surface area contributed by atoms with Crippen LogP contribution >= 0.6 is 0 Å². The van der Waals surface area contributed by atoms with Gasteiger partial charge in [0.25, 0.3) is 0 Å². The zero-order chi connectivity index (χ0) is 15.6. The van der Waals surface area contributed by atoms with E-state index in [0.717, 1.165) is 12.8 Å². The van der Waals surface area contributed by atoms with E-state index < -0.39 is 0 Å². The Morgan fingerprint density at radius 2 is 0.952 bits per heavy atom. The summed E-state index contributed by atoms with van der Waals surface area (Å²) in [6.07, 6.45) is 21.7. The van der Waals surface area contributed by atoms with Crippen molar-refractivity contribution in [3.8, 4) is 0 Å². The first-order valence-corrected chi connectivity index (χ1v) is 9.33. The summed E-state index contributed by atoms with van der Waals surface area (Å²) in [7, 11) is 0. The maximum absolute atomic E-state index is 5.55. The van der Waals surface area contributed by atoms with E-state index in [1.54, 1.807) is 0 Å². The molecule has 0 radical (unpaired) electrons. The Balaban J connectivity index is 2.99. The quantitative estimate of drug-likeness (QED) is 0.130. The van der Waals surface area contributed by atoms with Crippen molar-refractivity contribution >= 4 is 5.84 Å². The van der Waals surface area contributed by atoms with Crippen molar-refractivity contribution in [1.82, 2.24) is 0 Å². The van der Waals surface area contributed by atoms with Crippen molar-refractivity contribution in [2.75, 3.05) is 0 Å². The molecule has 4 N–H and O–H groups in total. The van der Waals surface area contributed by atoms with Gasteiger partial charge < -0.3 is 11.6 Å². The molecular weight excluding hydrogens is 258 g/mol. The SMILES string of the molecule is CCCCCCCCCCCCCCCCCC(N)=NN. The third-order valence-electron chi connectivity index (χ3n) is 4.20. The highest BCUT2D eigenvalue weighted by Gasteiger charge is 1.95. The van der Waals surface area contributed by atoms with Crippen LogP contribution in [-0.2, 0) is 0 Å². The first-order valence-electron chi connectivity index (χ1n) is 9.33. The summed E-state index contributed by atoms with van der Waals surface area (Å²) < 4.78 is 0. The Hall–Kier alpha value is -0.730. The highest BCUT2D eigenvalue weighted by molar-refractivity contribution is 5.79. The Morgan fingerprint density at radius 3 is 1.29 bits per heavy atom. The van der Waals surface area contributed by atoms with E-state index in [1.807, 2.05) is 0 Å². The first kappa shape index (κ1) is 20.3. The highest BCUT2D eigenvalue weighted by atomic mass is 15.1. The third-order valence-corrected chi connectivity index (χ3v) is 4.20. The van der Waals surface area contributed by atoms with Crippen LogP contribution < -0.4 is 11.6 Å². The summed E-state index contributed by atoms with van der Waals surface area (Å²) in [5, 5.41) is 3.49. The summed E-state index contributed by atoms with van der Waals surface area (Å²) in [5.74, 6) is 5.68. The van der Waals surface area contributed by atoms with Gasteiger partial charge >= 0.3 is 0 Å². The lowest BCUT2D eigenvalue weighted by Crippen LogP contribution is -2.13. The first-order chi connectivity index (χ1) is 10.3. The molecule has 3 heteroatoms. The van der Waals surface area contributed by atoms with Gasteiger partial charge in [0.1, 0.15) is 5.84 Å². The highest BCUT2D eigenvalue weighted by Crippen LogP contribution is 2.13. The number of rotatable bonds is 16. The fraction of sp³-hybridized carbons (Fsp3) is 0.944. The molecule has 0 saturated heterocycles. The van der Waals surface area contributed by atoms with E-state index >= 15 is 0 Å². The Labute approximate surface area is 132 Å². The predicted molar refractivity (Wildman–Crippen MR) is 95.4 cm³/mol. The summed E-state index contributed by atoms with van der Waals surface area (Å²) in [5.41, 5.74) is 5.55. The van der Waals surface area contributed by atoms with Gasteiger partial charge in [-0.15, -0.1) is 0 Å². The average molecular weight is 298 g/mol. The summed E-state index contributed by atoms with van der Waals surface area (Å²) in [6, 6.07) is 0. The predicted octanol–water partition coefficient (Wildman–Crippen LogP) is 5.48. The molecule has 0 aliphatic heterocycles. The van der Waals surface area contributed by atoms with E-state index in [9.17, 15) is 0 Å². The molecule has 0 aliphatic rings. The van der Waals surface area contributed by atoms with Crippen molar-refractivity contribution in [3.63, 3.8) is 0 Å². The van der Waals surface area contributed by atoms with Crippen LogP contribution in [0.3, 0.4) is 0 Å². The van der Waals surface area contributed by atoms with Crippen molar-refractivity contribution in [3.05, 3.63) is 0 Å². The summed E-state index contributed by atoms with van der Waals surface area (Å²) in [6.45, 7) is 2.28. The second kappa shape index (κ2) is 17.3. The molecule has 126 valence electrons. The van der Waals surface area contributed by atoms with E-state index in [2.05, 4.69) is 12.0 Å². The molecule has 0 bridgehead atoms. The van der Waals surface area contributed by atoms with Crippen LogP contribution in [0.4, 0.5) is 0 Å². The van der Waals surface area contributed by atoms with E-state index in [4.69, 9.17) is 11.6 Å². The van der Waals surface area contributed by atoms with Gasteiger partial charge in [0.15, 0.2) is 0 Å². The molecule has 0 atom stereocenters. The minimum atomic E-state index is 0.588. The topological polar surface area (TPSA) is 64.4 Å². The number of nitrogens with two attached hydrogens (primary N) is 2. The fourth-order valence-electron chi connectivity index (χ4n) is 2.74.